The normalized spacial score (nSPS) is 15.4. The number of imidazole rings is 1. The molecule has 2 heterocycles. The third kappa shape index (κ3) is 6.84. The first-order chi connectivity index (χ1) is 19.9. The molecule has 3 aromatic carbocycles. The summed E-state index contributed by atoms with van der Waals surface area (Å²) in [6.07, 6.45) is 5.17. The first-order valence-corrected chi connectivity index (χ1v) is 14.6. The van der Waals surface area contributed by atoms with Gasteiger partial charge in [0.25, 0.3) is 5.91 Å². The summed E-state index contributed by atoms with van der Waals surface area (Å²) >= 11 is 0. The highest BCUT2D eigenvalue weighted by Crippen LogP contribution is 2.24. The Morgan fingerprint density at radius 1 is 1.02 bits per heavy atom. The smallest absolute Gasteiger partial charge is 0.254 e. The van der Waals surface area contributed by atoms with Crippen molar-refractivity contribution in [3.05, 3.63) is 101 Å². The number of aromatic nitrogens is 2. The van der Waals surface area contributed by atoms with Gasteiger partial charge < -0.3 is 25.8 Å². The van der Waals surface area contributed by atoms with Crippen molar-refractivity contribution in [3.8, 4) is 0 Å². The van der Waals surface area contributed by atoms with Crippen LogP contribution in [0.5, 0.6) is 0 Å². The number of hydrogen-bond donors (Lipinski definition) is 3. The molecule has 1 unspecified atom stereocenters. The average Bonchev–Trinajstić information content (AvgIpc) is 3.56. The van der Waals surface area contributed by atoms with E-state index in [2.05, 4.69) is 22.6 Å². The third-order valence-electron chi connectivity index (χ3n) is 8.24. The number of nitrogens with zero attached hydrogens (tertiary/aromatic N) is 4. The topological polar surface area (TPSA) is 117 Å². The molecule has 8 nitrogen and oxygen atoms in total. The van der Waals surface area contributed by atoms with Crippen molar-refractivity contribution in [3.63, 3.8) is 0 Å². The van der Waals surface area contributed by atoms with E-state index >= 15 is 0 Å². The van der Waals surface area contributed by atoms with E-state index in [1.807, 2.05) is 71.6 Å². The Bertz CT molecular complexity index is 1480. The molecule has 214 valence electrons. The number of amides is 1. The van der Waals surface area contributed by atoms with Gasteiger partial charge in [-0.2, -0.15) is 0 Å². The van der Waals surface area contributed by atoms with Gasteiger partial charge in [0.1, 0.15) is 11.7 Å². The fraction of sp³-hybridized carbons (Fsp3) is 0.364. The van der Waals surface area contributed by atoms with Crippen LogP contribution in [0.4, 0.5) is 0 Å². The second kappa shape index (κ2) is 13.1. The number of hydrogen-bond acceptors (Lipinski definition) is 5. The van der Waals surface area contributed by atoms with Crippen molar-refractivity contribution < 1.29 is 4.79 Å². The second-order valence-electron chi connectivity index (χ2n) is 11.1. The van der Waals surface area contributed by atoms with Crippen LogP contribution in [0.1, 0.15) is 52.1 Å². The molecule has 0 aliphatic carbocycles. The summed E-state index contributed by atoms with van der Waals surface area (Å²) in [5.74, 6) is 1.08. The van der Waals surface area contributed by atoms with Crippen LogP contribution in [0.3, 0.4) is 0 Å². The van der Waals surface area contributed by atoms with Gasteiger partial charge in [0.15, 0.2) is 0 Å². The number of rotatable bonds is 12. The minimum absolute atomic E-state index is 0.0320. The maximum absolute atomic E-state index is 13.6. The Morgan fingerprint density at radius 2 is 1.78 bits per heavy atom. The maximum atomic E-state index is 13.6. The van der Waals surface area contributed by atoms with E-state index < -0.39 is 0 Å². The third-order valence-corrected chi connectivity index (χ3v) is 8.24. The van der Waals surface area contributed by atoms with Crippen LogP contribution in [-0.2, 0) is 25.9 Å². The molecule has 1 fully saturated rings. The molecule has 41 heavy (non-hydrogen) atoms. The van der Waals surface area contributed by atoms with Crippen molar-refractivity contribution in [1.29, 1.82) is 5.41 Å². The number of nitrogens with two attached hydrogens (primary N) is 2. The molecule has 1 amide bonds. The zero-order valence-electron chi connectivity index (χ0n) is 23.9. The lowest BCUT2D eigenvalue weighted by Gasteiger charge is -2.22. The predicted molar refractivity (Wildman–Crippen MR) is 165 cm³/mol. The second-order valence-corrected chi connectivity index (χ2v) is 11.1. The molecule has 0 spiro atoms. The molecular formula is C33H41N7O. The molecule has 1 aromatic heterocycles. The molecule has 1 aliphatic rings. The summed E-state index contributed by atoms with van der Waals surface area (Å²) in [5.41, 5.74) is 17.1. The fourth-order valence-corrected chi connectivity index (χ4v) is 5.88. The van der Waals surface area contributed by atoms with E-state index in [0.29, 0.717) is 31.2 Å². The van der Waals surface area contributed by atoms with Crippen LogP contribution in [0.15, 0.2) is 72.8 Å². The molecule has 0 saturated carbocycles. The number of benzene rings is 3. The van der Waals surface area contributed by atoms with Crippen molar-refractivity contribution >= 4 is 22.8 Å². The number of aryl methyl sites for hydroxylation is 3. The molecule has 1 aliphatic heterocycles. The first kappa shape index (κ1) is 28.5. The largest absolute Gasteiger partial charge is 0.384 e. The van der Waals surface area contributed by atoms with Crippen LogP contribution >= 0.6 is 0 Å². The minimum atomic E-state index is -0.0320. The Kier molecular flexibility index (Phi) is 9.11. The summed E-state index contributed by atoms with van der Waals surface area (Å²) in [5, 5.41) is 7.64. The molecule has 4 aromatic rings. The highest BCUT2D eigenvalue weighted by molar-refractivity contribution is 5.97. The van der Waals surface area contributed by atoms with Gasteiger partial charge in [-0.15, -0.1) is 0 Å². The van der Waals surface area contributed by atoms with Gasteiger partial charge in [-0.1, -0.05) is 54.6 Å². The van der Waals surface area contributed by atoms with Gasteiger partial charge in [0.2, 0.25) is 0 Å². The fourth-order valence-electron chi connectivity index (χ4n) is 5.88. The van der Waals surface area contributed by atoms with E-state index in [1.165, 1.54) is 18.4 Å². The Morgan fingerprint density at radius 3 is 2.46 bits per heavy atom. The van der Waals surface area contributed by atoms with E-state index in [1.54, 1.807) is 0 Å². The highest BCUT2D eigenvalue weighted by atomic mass is 16.2. The van der Waals surface area contributed by atoms with Gasteiger partial charge in [0, 0.05) is 49.8 Å². The lowest BCUT2D eigenvalue weighted by molar-refractivity contribution is 0.0748. The molecular weight excluding hydrogens is 510 g/mol. The summed E-state index contributed by atoms with van der Waals surface area (Å²) in [4.78, 5) is 23.0. The molecule has 5 N–H and O–H groups in total. The van der Waals surface area contributed by atoms with Gasteiger partial charge in [-0.3, -0.25) is 10.2 Å². The van der Waals surface area contributed by atoms with Crippen LogP contribution in [0, 0.1) is 5.41 Å². The maximum Gasteiger partial charge on any atom is 0.254 e. The summed E-state index contributed by atoms with van der Waals surface area (Å²) < 4.78 is 2.35. The summed E-state index contributed by atoms with van der Waals surface area (Å²) in [6.45, 7) is 3.47. The Balaban J connectivity index is 1.40. The monoisotopic (exact) mass is 551 g/mol. The van der Waals surface area contributed by atoms with Crippen LogP contribution in [0.25, 0.3) is 11.0 Å². The number of nitrogens with one attached hydrogen (secondary N) is 1. The molecule has 1 atom stereocenters. The van der Waals surface area contributed by atoms with Crippen molar-refractivity contribution in [1.82, 2.24) is 19.4 Å². The molecule has 1 saturated heterocycles. The van der Waals surface area contributed by atoms with Gasteiger partial charge in [-0.05, 0) is 68.6 Å². The molecule has 8 heteroatoms. The lowest BCUT2D eigenvalue weighted by Crippen LogP contribution is -2.34. The van der Waals surface area contributed by atoms with Gasteiger partial charge in [0.05, 0.1) is 11.0 Å². The standard InChI is InChI=1S/C33H41N7O/c1-38-19-5-8-28(38)17-20-40-30-15-14-27(33(41)39(21-18-34)23-25-6-3-2-4-7-25)22-29(30)37-31(40)16-11-24-9-12-26(13-10-24)32(35)36/h2-4,6-7,9-10,12-15,22,28H,5,8,11,16-21,23,34H2,1H3,(H3,35,36). The van der Waals surface area contributed by atoms with E-state index in [-0.39, 0.29) is 11.7 Å². The molecule has 5 rings (SSSR count). The average molecular weight is 552 g/mol. The van der Waals surface area contributed by atoms with Crippen molar-refractivity contribution in [2.45, 2.75) is 51.2 Å². The Labute approximate surface area is 242 Å². The lowest BCUT2D eigenvalue weighted by atomic mass is 10.1. The zero-order valence-corrected chi connectivity index (χ0v) is 23.9. The van der Waals surface area contributed by atoms with Gasteiger partial charge in [-0.25, -0.2) is 4.98 Å². The summed E-state index contributed by atoms with van der Waals surface area (Å²) in [6, 6.07) is 24.4. The first-order valence-electron chi connectivity index (χ1n) is 14.6. The highest BCUT2D eigenvalue weighted by Gasteiger charge is 2.22. The van der Waals surface area contributed by atoms with Crippen molar-refractivity contribution in [2.24, 2.45) is 11.5 Å². The van der Waals surface area contributed by atoms with Crippen LogP contribution < -0.4 is 11.5 Å². The minimum Gasteiger partial charge on any atom is -0.384 e. The van der Waals surface area contributed by atoms with Crippen LogP contribution in [0.2, 0.25) is 0 Å². The number of carbonyl (C=O) groups excluding carboxylic acids is 1. The van der Waals surface area contributed by atoms with Crippen LogP contribution in [-0.4, -0.2) is 63.8 Å². The van der Waals surface area contributed by atoms with E-state index in [9.17, 15) is 4.79 Å². The quantitative estimate of drug-likeness (QED) is 0.180. The molecule has 0 bridgehead atoms. The van der Waals surface area contributed by atoms with Crippen molar-refractivity contribution in [2.75, 3.05) is 26.7 Å². The molecule has 0 radical (unpaired) electrons. The summed E-state index contributed by atoms with van der Waals surface area (Å²) in [7, 11) is 2.22. The predicted octanol–water partition coefficient (Wildman–Crippen LogP) is 4.19. The Hall–Kier alpha value is -4.01. The number of carbonyl (C=O) groups is 1. The SMILES string of the molecule is CN1CCCC1CCn1c(CCc2ccc(C(=N)N)cc2)nc2cc(C(=O)N(CCN)Cc3ccccc3)ccc21. The number of fused-ring (bicyclic) bond motifs is 1. The van der Waals surface area contributed by atoms with E-state index in [4.69, 9.17) is 21.9 Å². The van der Waals surface area contributed by atoms with Gasteiger partial charge >= 0.3 is 0 Å². The zero-order chi connectivity index (χ0) is 28.8. The number of amidine groups is 1. The number of nitrogen functional groups attached to an aromatic ring is 1. The van der Waals surface area contributed by atoms with E-state index in [0.717, 1.165) is 60.3 Å². The number of likely N-dealkylation sites (tertiary alicyclic amines) is 1.